The number of hydrogen-bond acceptors (Lipinski definition) is 3. The van der Waals surface area contributed by atoms with Crippen molar-refractivity contribution in [1.29, 1.82) is 0 Å². The van der Waals surface area contributed by atoms with E-state index in [1.165, 1.54) is 4.90 Å². The predicted octanol–water partition coefficient (Wildman–Crippen LogP) is 1.53. The summed E-state index contributed by atoms with van der Waals surface area (Å²) in [7, 11) is 0. The van der Waals surface area contributed by atoms with Crippen molar-refractivity contribution < 1.29 is 19.8 Å². The zero-order chi connectivity index (χ0) is 15.2. The van der Waals surface area contributed by atoms with E-state index in [9.17, 15) is 14.7 Å². The molecule has 2 N–H and O–H groups in total. The van der Waals surface area contributed by atoms with E-state index >= 15 is 0 Å². The van der Waals surface area contributed by atoms with Crippen LogP contribution in [0.4, 0.5) is 4.79 Å². The number of rotatable bonds is 7. The molecular weight excluding hydrogens is 260 g/mol. The van der Waals surface area contributed by atoms with E-state index < -0.39 is 11.5 Å². The summed E-state index contributed by atoms with van der Waals surface area (Å²) in [6, 6.07) is -0.255. The van der Waals surface area contributed by atoms with Crippen molar-refractivity contribution in [1.82, 2.24) is 9.80 Å². The number of amides is 2. The molecule has 20 heavy (non-hydrogen) atoms. The van der Waals surface area contributed by atoms with Gasteiger partial charge in [-0.1, -0.05) is 20.3 Å². The lowest BCUT2D eigenvalue weighted by Crippen LogP contribution is -2.57. The van der Waals surface area contributed by atoms with Gasteiger partial charge in [0.2, 0.25) is 0 Å². The van der Waals surface area contributed by atoms with Gasteiger partial charge < -0.3 is 20.0 Å². The monoisotopic (exact) mass is 286 g/mol. The van der Waals surface area contributed by atoms with E-state index in [1.807, 2.05) is 13.8 Å². The van der Waals surface area contributed by atoms with Crippen LogP contribution in [0.15, 0.2) is 0 Å². The zero-order valence-corrected chi connectivity index (χ0v) is 12.5. The average Bonchev–Trinajstić information content (AvgIpc) is 2.83. The lowest BCUT2D eigenvalue weighted by Gasteiger charge is -2.38. The van der Waals surface area contributed by atoms with Crippen LogP contribution >= 0.6 is 0 Å². The Bertz CT molecular complexity index is 342. The van der Waals surface area contributed by atoms with Crippen molar-refractivity contribution in [3.63, 3.8) is 0 Å². The molecule has 1 heterocycles. The highest BCUT2D eigenvalue weighted by atomic mass is 16.4. The molecule has 0 spiro atoms. The Balaban J connectivity index is 2.95. The minimum absolute atomic E-state index is 0.104. The van der Waals surface area contributed by atoms with E-state index in [2.05, 4.69) is 0 Å². The van der Waals surface area contributed by atoms with Crippen LogP contribution in [0.1, 0.15) is 46.0 Å². The van der Waals surface area contributed by atoms with Crippen LogP contribution in [0.2, 0.25) is 0 Å². The van der Waals surface area contributed by atoms with E-state index in [0.29, 0.717) is 25.9 Å². The first-order chi connectivity index (χ1) is 9.53. The molecule has 6 nitrogen and oxygen atoms in total. The summed E-state index contributed by atoms with van der Waals surface area (Å²) in [5.74, 6) is -0.911. The van der Waals surface area contributed by atoms with Crippen LogP contribution in [0.3, 0.4) is 0 Å². The maximum absolute atomic E-state index is 12.6. The third-order valence-electron chi connectivity index (χ3n) is 3.92. The number of aliphatic hydroxyl groups is 1. The number of carbonyl (C=O) groups excluding carboxylic acids is 1. The second-order valence-corrected chi connectivity index (χ2v) is 5.34. The first-order valence-corrected chi connectivity index (χ1v) is 7.44. The van der Waals surface area contributed by atoms with Gasteiger partial charge in [-0.2, -0.15) is 0 Å². The summed E-state index contributed by atoms with van der Waals surface area (Å²) in [6.45, 7) is 5.06. The molecule has 0 bridgehead atoms. The quantitative estimate of drug-likeness (QED) is 0.743. The molecule has 1 unspecified atom stereocenters. The summed E-state index contributed by atoms with van der Waals surface area (Å²) in [5, 5.41) is 18.7. The topological polar surface area (TPSA) is 81.1 Å². The number of carboxylic acids is 1. The predicted molar refractivity (Wildman–Crippen MR) is 75.6 cm³/mol. The van der Waals surface area contributed by atoms with Crippen LogP contribution in [0, 0.1) is 0 Å². The molecule has 116 valence electrons. The highest BCUT2D eigenvalue weighted by molar-refractivity contribution is 5.87. The van der Waals surface area contributed by atoms with E-state index in [0.717, 1.165) is 19.3 Å². The molecule has 1 rings (SSSR count). The largest absolute Gasteiger partial charge is 0.479 e. The lowest BCUT2D eigenvalue weighted by atomic mass is 9.91. The van der Waals surface area contributed by atoms with Gasteiger partial charge in [0.15, 0.2) is 0 Å². The van der Waals surface area contributed by atoms with Crippen molar-refractivity contribution >= 4 is 12.0 Å². The Kier molecular flexibility index (Phi) is 6.26. The summed E-state index contributed by atoms with van der Waals surface area (Å²) < 4.78 is 0. The molecule has 1 aliphatic heterocycles. The smallest absolute Gasteiger partial charge is 0.329 e. The molecule has 0 aromatic heterocycles. The Morgan fingerprint density at radius 2 is 1.95 bits per heavy atom. The molecule has 0 aromatic rings. The van der Waals surface area contributed by atoms with E-state index in [1.54, 1.807) is 4.90 Å². The minimum Gasteiger partial charge on any atom is -0.479 e. The third-order valence-corrected chi connectivity index (χ3v) is 3.92. The standard InChI is InChI=1S/C14H26N2O4/c1-3-6-14(12(18)19)7-5-9-16(14)13(20)15(8-4-2)10-11-17/h17H,3-11H2,1-2H3,(H,18,19). The second kappa shape index (κ2) is 7.47. The Hall–Kier alpha value is -1.30. The van der Waals surface area contributed by atoms with Gasteiger partial charge in [0, 0.05) is 19.6 Å². The summed E-state index contributed by atoms with van der Waals surface area (Å²) >= 11 is 0. The lowest BCUT2D eigenvalue weighted by molar-refractivity contribution is -0.148. The van der Waals surface area contributed by atoms with Crippen molar-refractivity contribution in [3.05, 3.63) is 0 Å². The fourth-order valence-electron chi connectivity index (χ4n) is 3.02. The van der Waals surface area contributed by atoms with E-state index in [-0.39, 0.29) is 19.2 Å². The van der Waals surface area contributed by atoms with Crippen LogP contribution in [-0.4, -0.2) is 63.8 Å². The normalized spacial score (nSPS) is 22.1. The number of aliphatic carboxylic acids is 1. The average molecular weight is 286 g/mol. The van der Waals surface area contributed by atoms with Gasteiger partial charge in [0.1, 0.15) is 5.54 Å². The van der Waals surface area contributed by atoms with Gasteiger partial charge in [-0.15, -0.1) is 0 Å². The molecule has 1 fully saturated rings. The number of urea groups is 1. The second-order valence-electron chi connectivity index (χ2n) is 5.34. The minimum atomic E-state index is -1.06. The first-order valence-electron chi connectivity index (χ1n) is 7.44. The van der Waals surface area contributed by atoms with Gasteiger partial charge in [-0.3, -0.25) is 0 Å². The third kappa shape index (κ3) is 3.23. The molecule has 6 heteroatoms. The molecule has 1 saturated heterocycles. The molecule has 0 saturated carbocycles. The number of aliphatic hydroxyl groups excluding tert-OH is 1. The van der Waals surface area contributed by atoms with Crippen molar-refractivity contribution in [2.75, 3.05) is 26.2 Å². The molecule has 1 atom stereocenters. The van der Waals surface area contributed by atoms with Crippen molar-refractivity contribution in [2.45, 2.75) is 51.5 Å². The Labute approximate surface area is 120 Å². The van der Waals surface area contributed by atoms with Gasteiger partial charge >= 0.3 is 12.0 Å². The molecular formula is C14H26N2O4. The Morgan fingerprint density at radius 1 is 1.25 bits per heavy atom. The molecule has 0 aromatic carbocycles. The van der Waals surface area contributed by atoms with Crippen LogP contribution in [-0.2, 0) is 4.79 Å². The van der Waals surface area contributed by atoms with Gasteiger partial charge in [0.05, 0.1) is 6.61 Å². The van der Waals surface area contributed by atoms with Crippen molar-refractivity contribution in [3.8, 4) is 0 Å². The number of carbonyl (C=O) groups is 2. The zero-order valence-electron chi connectivity index (χ0n) is 12.5. The van der Waals surface area contributed by atoms with Crippen LogP contribution in [0.5, 0.6) is 0 Å². The number of nitrogens with zero attached hydrogens (tertiary/aromatic N) is 2. The van der Waals surface area contributed by atoms with Gasteiger partial charge in [-0.25, -0.2) is 9.59 Å². The summed E-state index contributed by atoms with van der Waals surface area (Å²) in [4.78, 5) is 27.4. The molecule has 0 radical (unpaired) electrons. The number of hydrogen-bond donors (Lipinski definition) is 2. The number of likely N-dealkylation sites (tertiary alicyclic amines) is 1. The maximum Gasteiger partial charge on any atom is 0.329 e. The molecule has 2 amide bonds. The SMILES string of the molecule is CCCN(CCO)C(=O)N1CCCC1(CCC)C(=O)O. The Morgan fingerprint density at radius 3 is 2.45 bits per heavy atom. The summed E-state index contributed by atoms with van der Waals surface area (Å²) in [5.41, 5.74) is -1.06. The van der Waals surface area contributed by atoms with Gasteiger partial charge in [-0.05, 0) is 25.7 Å². The first kappa shape index (κ1) is 16.8. The highest BCUT2D eigenvalue weighted by Crippen LogP contribution is 2.34. The van der Waals surface area contributed by atoms with Crippen LogP contribution < -0.4 is 0 Å². The molecule has 0 aliphatic carbocycles. The highest BCUT2D eigenvalue weighted by Gasteiger charge is 2.50. The molecule has 1 aliphatic rings. The summed E-state index contributed by atoms with van der Waals surface area (Å²) in [6.07, 6.45) is 3.22. The maximum atomic E-state index is 12.6. The fourth-order valence-corrected chi connectivity index (χ4v) is 3.02. The van der Waals surface area contributed by atoms with Gasteiger partial charge in [0.25, 0.3) is 0 Å². The van der Waals surface area contributed by atoms with Crippen LogP contribution in [0.25, 0.3) is 0 Å². The fraction of sp³-hybridized carbons (Fsp3) is 0.857. The number of carboxylic acid groups (broad SMARTS) is 1. The van der Waals surface area contributed by atoms with Crippen molar-refractivity contribution in [2.24, 2.45) is 0 Å². The van der Waals surface area contributed by atoms with E-state index in [4.69, 9.17) is 5.11 Å².